The molecule has 8 heteroatoms. The maximum Gasteiger partial charge on any atom is 0.262 e. The normalized spacial score (nSPS) is 10.8. The van der Waals surface area contributed by atoms with E-state index in [-0.39, 0.29) is 18.0 Å². The van der Waals surface area contributed by atoms with Gasteiger partial charge in [-0.2, -0.15) is 0 Å². The summed E-state index contributed by atoms with van der Waals surface area (Å²) in [5.74, 6) is 1.36. The van der Waals surface area contributed by atoms with E-state index in [1.165, 1.54) is 22.2 Å². The maximum atomic E-state index is 12.3. The predicted molar refractivity (Wildman–Crippen MR) is 129 cm³/mol. The standard InChI is InChI=1S/C25H25N3O4S/c29-23(16-28-18-27-24-22(25(28)30)12-15-33-24)26-13-4-5-14-31-20-8-10-21(11-9-20)32-17-19-6-2-1-3-7-19/h1-3,6-12,15,18H,4-5,13-14,16-17H2,(H,26,29). The molecule has 2 aromatic heterocycles. The van der Waals surface area contributed by atoms with Gasteiger partial charge >= 0.3 is 0 Å². The first kappa shape index (κ1) is 22.5. The summed E-state index contributed by atoms with van der Waals surface area (Å²) in [6, 6.07) is 19.3. The van der Waals surface area contributed by atoms with Crippen molar-refractivity contribution in [3.8, 4) is 11.5 Å². The Hall–Kier alpha value is -3.65. The van der Waals surface area contributed by atoms with E-state index in [0.29, 0.717) is 30.0 Å². The molecule has 0 atom stereocenters. The van der Waals surface area contributed by atoms with Crippen LogP contribution in [0.3, 0.4) is 0 Å². The average Bonchev–Trinajstić information content (AvgIpc) is 3.33. The zero-order chi connectivity index (χ0) is 22.9. The average molecular weight is 464 g/mol. The van der Waals surface area contributed by atoms with Gasteiger partial charge in [0.05, 0.1) is 18.3 Å². The van der Waals surface area contributed by atoms with E-state index in [1.807, 2.05) is 60.0 Å². The number of carbonyl (C=O) groups excluding carboxylic acids is 1. The number of aromatic nitrogens is 2. The number of hydrogen-bond donors (Lipinski definition) is 1. The fourth-order valence-electron chi connectivity index (χ4n) is 3.23. The molecule has 0 saturated heterocycles. The minimum atomic E-state index is -0.208. The number of fused-ring (bicyclic) bond motifs is 1. The van der Waals surface area contributed by atoms with E-state index in [2.05, 4.69) is 10.3 Å². The highest BCUT2D eigenvalue weighted by Crippen LogP contribution is 2.19. The number of nitrogens with one attached hydrogen (secondary N) is 1. The van der Waals surface area contributed by atoms with Crippen molar-refractivity contribution in [3.05, 3.63) is 88.3 Å². The minimum Gasteiger partial charge on any atom is -0.494 e. The Morgan fingerprint density at radius 2 is 1.73 bits per heavy atom. The number of unbranched alkanes of at least 4 members (excludes halogenated alkanes) is 1. The molecule has 2 heterocycles. The monoisotopic (exact) mass is 463 g/mol. The molecule has 7 nitrogen and oxygen atoms in total. The lowest BCUT2D eigenvalue weighted by Crippen LogP contribution is -2.32. The van der Waals surface area contributed by atoms with E-state index in [0.717, 1.165) is 29.9 Å². The molecule has 0 fully saturated rings. The summed E-state index contributed by atoms with van der Waals surface area (Å²) in [4.78, 5) is 29.3. The van der Waals surface area contributed by atoms with E-state index < -0.39 is 0 Å². The molecule has 0 radical (unpaired) electrons. The molecule has 170 valence electrons. The molecule has 33 heavy (non-hydrogen) atoms. The summed E-state index contributed by atoms with van der Waals surface area (Å²) >= 11 is 1.41. The lowest BCUT2D eigenvalue weighted by molar-refractivity contribution is -0.121. The van der Waals surface area contributed by atoms with Crippen molar-refractivity contribution in [3.63, 3.8) is 0 Å². The van der Waals surface area contributed by atoms with Crippen LogP contribution in [0.5, 0.6) is 11.5 Å². The van der Waals surface area contributed by atoms with Crippen LogP contribution in [0.15, 0.2) is 77.2 Å². The third-order valence-corrected chi connectivity index (χ3v) is 5.82. The second kappa shape index (κ2) is 11.3. The van der Waals surface area contributed by atoms with Crippen LogP contribution in [0.2, 0.25) is 0 Å². The molecule has 4 aromatic rings. The van der Waals surface area contributed by atoms with E-state index >= 15 is 0 Å². The van der Waals surface area contributed by atoms with E-state index in [1.54, 1.807) is 6.07 Å². The fraction of sp³-hybridized carbons (Fsp3) is 0.240. The third kappa shape index (κ3) is 6.43. The Bertz CT molecular complexity index is 1240. The van der Waals surface area contributed by atoms with Crippen LogP contribution < -0.4 is 20.3 Å². The van der Waals surface area contributed by atoms with Crippen molar-refractivity contribution in [2.45, 2.75) is 26.0 Å². The van der Waals surface area contributed by atoms with Gasteiger partial charge in [0.15, 0.2) is 0 Å². The highest BCUT2D eigenvalue weighted by molar-refractivity contribution is 7.16. The second-order valence-electron chi connectivity index (χ2n) is 7.47. The summed E-state index contributed by atoms with van der Waals surface area (Å²) in [5.41, 5.74) is 0.929. The topological polar surface area (TPSA) is 82.5 Å². The molecular weight excluding hydrogens is 438 g/mol. The largest absolute Gasteiger partial charge is 0.494 e. The summed E-state index contributed by atoms with van der Waals surface area (Å²) in [6.07, 6.45) is 3.00. The molecule has 0 saturated carbocycles. The third-order valence-electron chi connectivity index (χ3n) is 5.00. The predicted octanol–water partition coefficient (Wildman–Crippen LogP) is 4.01. The Kier molecular flexibility index (Phi) is 7.71. The molecule has 1 N–H and O–H groups in total. The Balaban J connectivity index is 1.11. The quantitative estimate of drug-likeness (QED) is 0.340. The van der Waals surface area contributed by atoms with Gasteiger partial charge in [-0.1, -0.05) is 30.3 Å². The van der Waals surface area contributed by atoms with Crippen LogP contribution in [-0.2, 0) is 17.9 Å². The van der Waals surface area contributed by atoms with Gasteiger partial charge in [0.25, 0.3) is 5.56 Å². The fourth-order valence-corrected chi connectivity index (χ4v) is 3.96. The lowest BCUT2D eigenvalue weighted by atomic mass is 10.2. The zero-order valence-electron chi connectivity index (χ0n) is 18.1. The number of nitrogens with zero attached hydrogens (tertiary/aromatic N) is 2. The number of thiophene rings is 1. The van der Waals surface area contributed by atoms with Gasteiger partial charge < -0.3 is 14.8 Å². The van der Waals surface area contributed by atoms with Crippen molar-refractivity contribution in [2.24, 2.45) is 0 Å². The number of benzene rings is 2. The van der Waals surface area contributed by atoms with E-state index in [9.17, 15) is 9.59 Å². The maximum absolute atomic E-state index is 12.3. The molecule has 0 spiro atoms. The molecule has 0 aliphatic rings. The van der Waals surface area contributed by atoms with Gasteiger partial charge in [-0.25, -0.2) is 4.98 Å². The number of hydrogen-bond acceptors (Lipinski definition) is 6. The van der Waals surface area contributed by atoms with Crippen LogP contribution >= 0.6 is 11.3 Å². The van der Waals surface area contributed by atoms with Crippen LogP contribution in [0, 0.1) is 0 Å². The van der Waals surface area contributed by atoms with Gasteiger partial charge in [0.1, 0.15) is 29.5 Å². The van der Waals surface area contributed by atoms with Crippen molar-refractivity contribution >= 4 is 27.5 Å². The van der Waals surface area contributed by atoms with Gasteiger partial charge in [-0.05, 0) is 54.1 Å². The Morgan fingerprint density at radius 1 is 0.970 bits per heavy atom. The molecule has 0 aliphatic heterocycles. The molecule has 4 rings (SSSR count). The van der Waals surface area contributed by atoms with Crippen molar-refractivity contribution in [1.82, 2.24) is 14.9 Å². The minimum absolute atomic E-state index is 0.0349. The van der Waals surface area contributed by atoms with Crippen LogP contribution in [0.25, 0.3) is 10.2 Å². The first-order valence-corrected chi connectivity index (χ1v) is 11.7. The van der Waals surface area contributed by atoms with Gasteiger partial charge in [0.2, 0.25) is 5.91 Å². The SMILES string of the molecule is O=C(Cn1cnc2sccc2c1=O)NCCCCOc1ccc(OCc2ccccc2)cc1. The smallest absolute Gasteiger partial charge is 0.262 e. The summed E-state index contributed by atoms with van der Waals surface area (Å²) < 4.78 is 12.9. The highest BCUT2D eigenvalue weighted by Gasteiger charge is 2.08. The van der Waals surface area contributed by atoms with Gasteiger partial charge in [-0.15, -0.1) is 11.3 Å². The number of ether oxygens (including phenoxy) is 2. The molecule has 1 amide bonds. The number of amides is 1. The lowest BCUT2D eigenvalue weighted by Gasteiger charge is -2.09. The zero-order valence-corrected chi connectivity index (χ0v) is 18.9. The van der Waals surface area contributed by atoms with Crippen LogP contribution in [0.1, 0.15) is 18.4 Å². The molecular formula is C25H25N3O4S. The van der Waals surface area contributed by atoms with Gasteiger partial charge in [-0.3, -0.25) is 14.2 Å². The molecule has 0 unspecified atom stereocenters. The Labute approximate surface area is 195 Å². The van der Waals surface area contributed by atoms with Crippen LogP contribution in [0.4, 0.5) is 0 Å². The van der Waals surface area contributed by atoms with Crippen molar-refractivity contribution < 1.29 is 14.3 Å². The number of rotatable bonds is 11. The Morgan fingerprint density at radius 3 is 2.52 bits per heavy atom. The first-order valence-electron chi connectivity index (χ1n) is 10.8. The molecule has 2 aromatic carbocycles. The molecule has 0 bridgehead atoms. The summed E-state index contributed by atoms with van der Waals surface area (Å²) in [6.45, 7) is 1.57. The van der Waals surface area contributed by atoms with Crippen molar-refractivity contribution in [2.75, 3.05) is 13.2 Å². The highest BCUT2D eigenvalue weighted by atomic mass is 32.1. The van der Waals surface area contributed by atoms with Crippen LogP contribution in [-0.4, -0.2) is 28.6 Å². The van der Waals surface area contributed by atoms with Crippen molar-refractivity contribution in [1.29, 1.82) is 0 Å². The van der Waals surface area contributed by atoms with E-state index in [4.69, 9.17) is 9.47 Å². The first-order chi connectivity index (χ1) is 16.2. The second-order valence-corrected chi connectivity index (χ2v) is 8.36. The summed E-state index contributed by atoms with van der Waals surface area (Å²) in [5, 5.41) is 5.20. The summed E-state index contributed by atoms with van der Waals surface area (Å²) in [7, 11) is 0. The number of carbonyl (C=O) groups is 1. The van der Waals surface area contributed by atoms with Gasteiger partial charge in [0, 0.05) is 6.54 Å². The molecule has 0 aliphatic carbocycles.